The van der Waals surface area contributed by atoms with Crippen LogP contribution in [0.3, 0.4) is 0 Å². The molecule has 1 aromatic carbocycles. The number of rotatable bonds is 4. The summed E-state index contributed by atoms with van der Waals surface area (Å²) < 4.78 is 28.3. The molecule has 3 nitrogen and oxygen atoms in total. The van der Waals surface area contributed by atoms with Crippen LogP contribution in [0.1, 0.15) is 36.4 Å². The third-order valence-corrected chi connectivity index (χ3v) is 7.68. The monoisotopic (exact) mass is 319 g/mol. The van der Waals surface area contributed by atoms with Crippen LogP contribution in [-0.4, -0.2) is 18.8 Å². The van der Waals surface area contributed by atoms with Gasteiger partial charge >= 0.3 is 0 Å². The van der Waals surface area contributed by atoms with Crippen molar-refractivity contribution in [3.63, 3.8) is 0 Å². The highest BCUT2D eigenvalue weighted by atomic mass is 32.2. The van der Waals surface area contributed by atoms with Gasteiger partial charge in [0.05, 0.1) is 6.04 Å². The molecule has 1 unspecified atom stereocenters. The van der Waals surface area contributed by atoms with E-state index in [9.17, 15) is 8.42 Å². The number of sulfonamides is 1. The normalized spacial score (nSPS) is 21.7. The first-order chi connectivity index (χ1) is 10.2. The molecule has 1 aromatic heterocycles. The Morgan fingerprint density at radius 2 is 1.86 bits per heavy atom. The van der Waals surface area contributed by atoms with Crippen LogP contribution in [0, 0.1) is 0 Å². The summed E-state index contributed by atoms with van der Waals surface area (Å²) in [6, 6.07) is 12.0. The summed E-state index contributed by atoms with van der Waals surface area (Å²) in [5, 5.41) is 1.83. The Balaban J connectivity index is 1.77. The van der Waals surface area contributed by atoms with E-state index < -0.39 is 10.0 Å². The highest BCUT2D eigenvalue weighted by molar-refractivity contribution is 7.91. The minimum atomic E-state index is -3.37. The van der Waals surface area contributed by atoms with Crippen molar-refractivity contribution in [2.45, 2.75) is 42.0 Å². The maximum Gasteiger partial charge on any atom is 0.253 e. The molecule has 0 bridgehead atoms. The topological polar surface area (TPSA) is 37.4 Å². The largest absolute Gasteiger partial charge is 0.253 e. The molecule has 0 spiro atoms. The SMILES string of the molecule is O=S(=O)(c1cccs1)N(C1CC1)C1CCc2ccccc21. The summed E-state index contributed by atoms with van der Waals surface area (Å²) in [5.74, 6) is 0. The van der Waals surface area contributed by atoms with E-state index in [1.165, 1.54) is 22.5 Å². The van der Waals surface area contributed by atoms with Crippen LogP contribution >= 0.6 is 11.3 Å². The first-order valence-electron chi connectivity index (χ1n) is 7.33. The van der Waals surface area contributed by atoms with Gasteiger partial charge in [-0.3, -0.25) is 0 Å². The minimum absolute atomic E-state index is 0.0146. The van der Waals surface area contributed by atoms with Crippen LogP contribution in [0.2, 0.25) is 0 Å². The molecule has 2 aliphatic carbocycles. The molecule has 4 rings (SSSR count). The van der Waals surface area contributed by atoms with Crippen molar-refractivity contribution in [2.24, 2.45) is 0 Å². The molecule has 110 valence electrons. The molecule has 0 amide bonds. The first kappa shape index (κ1) is 13.5. The number of hydrogen-bond acceptors (Lipinski definition) is 3. The molecule has 5 heteroatoms. The number of hydrogen-bond donors (Lipinski definition) is 0. The van der Waals surface area contributed by atoms with Gasteiger partial charge in [-0.25, -0.2) is 8.42 Å². The van der Waals surface area contributed by atoms with Gasteiger partial charge in [-0.1, -0.05) is 30.3 Å². The second-order valence-corrected chi connectivity index (χ2v) is 8.77. The van der Waals surface area contributed by atoms with Gasteiger partial charge < -0.3 is 0 Å². The van der Waals surface area contributed by atoms with Crippen molar-refractivity contribution in [3.05, 3.63) is 52.9 Å². The van der Waals surface area contributed by atoms with Gasteiger partial charge in [-0.05, 0) is 48.3 Å². The fraction of sp³-hybridized carbons (Fsp3) is 0.375. The maximum atomic E-state index is 13.0. The first-order valence-corrected chi connectivity index (χ1v) is 9.65. The molecule has 0 N–H and O–H groups in total. The van der Waals surface area contributed by atoms with Crippen LogP contribution in [0.4, 0.5) is 0 Å². The molecule has 0 saturated heterocycles. The van der Waals surface area contributed by atoms with Crippen molar-refractivity contribution < 1.29 is 8.42 Å². The third kappa shape index (κ3) is 2.24. The Hall–Kier alpha value is -1.17. The second-order valence-electron chi connectivity index (χ2n) is 5.75. The van der Waals surface area contributed by atoms with Crippen LogP contribution in [-0.2, 0) is 16.4 Å². The van der Waals surface area contributed by atoms with E-state index in [-0.39, 0.29) is 12.1 Å². The van der Waals surface area contributed by atoms with Crippen molar-refractivity contribution in [2.75, 3.05) is 0 Å². The standard InChI is InChI=1S/C16H17NO2S2/c18-21(19,16-6-3-11-20-16)17(13-8-9-13)15-10-7-12-4-1-2-5-14(12)15/h1-6,11,13,15H,7-10H2. The van der Waals surface area contributed by atoms with E-state index in [0.29, 0.717) is 4.21 Å². The number of benzene rings is 1. The van der Waals surface area contributed by atoms with Crippen LogP contribution in [0.5, 0.6) is 0 Å². The number of aryl methyl sites for hydroxylation is 1. The van der Waals surface area contributed by atoms with Gasteiger partial charge in [0, 0.05) is 6.04 Å². The zero-order chi connectivity index (χ0) is 14.4. The molecule has 1 atom stereocenters. The van der Waals surface area contributed by atoms with Gasteiger partial charge in [0.25, 0.3) is 10.0 Å². The number of fused-ring (bicyclic) bond motifs is 1. The highest BCUT2D eigenvalue weighted by Crippen LogP contribution is 2.45. The van der Waals surface area contributed by atoms with Gasteiger partial charge in [0.1, 0.15) is 4.21 Å². The van der Waals surface area contributed by atoms with E-state index >= 15 is 0 Å². The molecule has 1 heterocycles. The van der Waals surface area contributed by atoms with Gasteiger partial charge in [0.2, 0.25) is 0 Å². The fourth-order valence-corrected chi connectivity index (χ4v) is 6.24. The van der Waals surface area contributed by atoms with E-state index in [1.54, 1.807) is 10.4 Å². The average molecular weight is 319 g/mol. The molecule has 21 heavy (non-hydrogen) atoms. The maximum absolute atomic E-state index is 13.0. The molecule has 1 fully saturated rings. The van der Waals surface area contributed by atoms with Gasteiger partial charge in [-0.15, -0.1) is 11.3 Å². The average Bonchev–Trinajstić information content (AvgIpc) is 3.00. The Morgan fingerprint density at radius 1 is 1.05 bits per heavy atom. The Labute approximate surface area is 129 Å². The summed E-state index contributed by atoms with van der Waals surface area (Å²) in [6.07, 6.45) is 3.86. The second kappa shape index (κ2) is 4.93. The van der Waals surface area contributed by atoms with Crippen LogP contribution in [0.15, 0.2) is 46.0 Å². The van der Waals surface area contributed by atoms with Crippen LogP contribution in [0.25, 0.3) is 0 Å². The van der Waals surface area contributed by atoms with Gasteiger partial charge in [0.15, 0.2) is 0 Å². The zero-order valence-corrected chi connectivity index (χ0v) is 13.2. The molecule has 2 aliphatic rings. The zero-order valence-electron chi connectivity index (χ0n) is 11.6. The summed E-state index contributed by atoms with van der Waals surface area (Å²) in [6.45, 7) is 0. The summed E-state index contributed by atoms with van der Waals surface area (Å²) in [4.78, 5) is 0. The molecule has 0 radical (unpaired) electrons. The Bertz CT molecular complexity index is 748. The van der Waals surface area contributed by atoms with Crippen LogP contribution < -0.4 is 0 Å². The summed E-state index contributed by atoms with van der Waals surface area (Å²) in [7, 11) is -3.37. The Morgan fingerprint density at radius 3 is 2.57 bits per heavy atom. The lowest BCUT2D eigenvalue weighted by Crippen LogP contribution is -2.35. The molecule has 0 aliphatic heterocycles. The smallest absolute Gasteiger partial charge is 0.206 e. The van der Waals surface area contributed by atoms with E-state index in [0.717, 1.165) is 25.7 Å². The summed E-state index contributed by atoms with van der Waals surface area (Å²) >= 11 is 1.31. The lowest BCUT2D eigenvalue weighted by molar-refractivity contribution is 0.315. The lowest BCUT2D eigenvalue weighted by atomic mass is 10.1. The third-order valence-electron chi connectivity index (χ3n) is 4.34. The predicted octanol–water partition coefficient (Wildman–Crippen LogP) is 3.59. The molecular formula is C16H17NO2S2. The van der Waals surface area contributed by atoms with E-state index in [1.807, 2.05) is 23.6 Å². The highest BCUT2D eigenvalue weighted by Gasteiger charge is 2.45. The van der Waals surface area contributed by atoms with Crippen molar-refractivity contribution >= 4 is 21.4 Å². The quantitative estimate of drug-likeness (QED) is 0.863. The number of thiophene rings is 1. The van der Waals surface area contributed by atoms with Crippen molar-refractivity contribution in [1.82, 2.24) is 4.31 Å². The van der Waals surface area contributed by atoms with Crippen molar-refractivity contribution in [3.8, 4) is 0 Å². The molecule has 2 aromatic rings. The van der Waals surface area contributed by atoms with Gasteiger partial charge in [-0.2, -0.15) is 4.31 Å². The lowest BCUT2D eigenvalue weighted by Gasteiger charge is -2.28. The number of nitrogens with zero attached hydrogens (tertiary/aromatic N) is 1. The van der Waals surface area contributed by atoms with E-state index in [2.05, 4.69) is 12.1 Å². The van der Waals surface area contributed by atoms with E-state index in [4.69, 9.17) is 0 Å². The molecular weight excluding hydrogens is 302 g/mol. The molecule has 1 saturated carbocycles. The fourth-order valence-electron chi connectivity index (χ4n) is 3.26. The minimum Gasteiger partial charge on any atom is -0.206 e. The predicted molar refractivity (Wildman–Crippen MR) is 83.9 cm³/mol. The Kier molecular flexibility index (Phi) is 3.17. The summed E-state index contributed by atoms with van der Waals surface area (Å²) in [5.41, 5.74) is 2.50. The van der Waals surface area contributed by atoms with Crippen molar-refractivity contribution in [1.29, 1.82) is 0 Å².